The van der Waals surface area contributed by atoms with Gasteiger partial charge >= 0.3 is 12.0 Å². The highest BCUT2D eigenvalue weighted by molar-refractivity contribution is 5.96. The number of hydrogen-bond donors (Lipinski definition) is 2. The maximum Gasteiger partial charge on any atom is 0.323 e. The fourth-order valence-corrected chi connectivity index (χ4v) is 2.45. The Bertz CT molecular complexity index is 472. The molecular formula is C15H21N3O3. The number of aliphatic carboxylic acids is 1. The molecule has 0 atom stereocenters. The number of amides is 2. The van der Waals surface area contributed by atoms with Gasteiger partial charge in [-0.15, -0.1) is 0 Å². The number of urea groups is 1. The number of rotatable bonds is 6. The number of anilines is 1. The van der Waals surface area contributed by atoms with Crippen LogP contribution in [0.4, 0.5) is 10.5 Å². The van der Waals surface area contributed by atoms with Gasteiger partial charge in [0.1, 0.15) is 6.54 Å². The molecule has 114 valence electrons. The summed E-state index contributed by atoms with van der Waals surface area (Å²) in [5.41, 5.74) is 0.582. The molecule has 1 fully saturated rings. The van der Waals surface area contributed by atoms with E-state index >= 15 is 0 Å². The van der Waals surface area contributed by atoms with Gasteiger partial charge in [-0.2, -0.15) is 0 Å². The van der Waals surface area contributed by atoms with Gasteiger partial charge in [-0.1, -0.05) is 18.2 Å². The lowest BCUT2D eigenvalue weighted by Gasteiger charge is -2.22. The number of nitrogens with one attached hydrogen (secondary N) is 1. The van der Waals surface area contributed by atoms with Gasteiger partial charge in [0.05, 0.1) is 0 Å². The van der Waals surface area contributed by atoms with E-state index in [0.717, 1.165) is 19.6 Å². The van der Waals surface area contributed by atoms with Gasteiger partial charge in [0.2, 0.25) is 0 Å². The van der Waals surface area contributed by atoms with Crippen LogP contribution in [0.2, 0.25) is 0 Å². The summed E-state index contributed by atoms with van der Waals surface area (Å²) < 4.78 is 0. The molecule has 0 unspecified atom stereocenters. The van der Waals surface area contributed by atoms with E-state index in [2.05, 4.69) is 10.2 Å². The molecule has 1 saturated heterocycles. The van der Waals surface area contributed by atoms with Crippen LogP contribution < -0.4 is 10.2 Å². The summed E-state index contributed by atoms with van der Waals surface area (Å²) in [5.74, 6) is -1.03. The average molecular weight is 291 g/mol. The van der Waals surface area contributed by atoms with Gasteiger partial charge in [0.15, 0.2) is 0 Å². The second-order valence-corrected chi connectivity index (χ2v) is 5.10. The minimum absolute atomic E-state index is 0.348. The highest BCUT2D eigenvalue weighted by Gasteiger charge is 2.18. The van der Waals surface area contributed by atoms with Gasteiger partial charge in [0, 0.05) is 18.8 Å². The van der Waals surface area contributed by atoms with Gasteiger partial charge in [-0.25, -0.2) is 4.79 Å². The van der Waals surface area contributed by atoms with Crippen molar-refractivity contribution in [3.63, 3.8) is 0 Å². The molecule has 6 heteroatoms. The largest absolute Gasteiger partial charge is 0.480 e. The van der Waals surface area contributed by atoms with E-state index < -0.39 is 5.97 Å². The number of nitrogens with zero attached hydrogens (tertiary/aromatic N) is 2. The van der Waals surface area contributed by atoms with Gasteiger partial charge in [0.25, 0.3) is 0 Å². The summed E-state index contributed by atoms with van der Waals surface area (Å²) >= 11 is 0. The first kappa shape index (κ1) is 15.3. The highest BCUT2D eigenvalue weighted by atomic mass is 16.4. The number of carbonyl (C=O) groups is 2. The summed E-state index contributed by atoms with van der Waals surface area (Å²) in [6, 6.07) is 8.46. The summed E-state index contributed by atoms with van der Waals surface area (Å²) in [6.45, 7) is 3.14. The van der Waals surface area contributed by atoms with Crippen molar-refractivity contribution in [1.29, 1.82) is 0 Å². The number of benzene rings is 1. The normalized spacial score (nSPS) is 14.9. The van der Waals surface area contributed by atoms with E-state index in [4.69, 9.17) is 5.11 Å². The lowest BCUT2D eigenvalue weighted by Crippen LogP contribution is -2.45. The predicted octanol–water partition coefficient (Wildman–Crippen LogP) is 1.38. The number of carboxylic acid groups (broad SMARTS) is 1. The molecule has 0 aromatic heterocycles. The van der Waals surface area contributed by atoms with E-state index in [1.54, 1.807) is 24.3 Å². The van der Waals surface area contributed by atoms with Crippen LogP contribution in [0.25, 0.3) is 0 Å². The lowest BCUT2D eigenvalue weighted by molar-refractivity contribution is -0.135. The monoisotopic (exact) mass is 291 g/mol. The van der Waals surface area contributed by atoms with E-state index in [0.29, 0.717) is 12.2 Å². The maximum atomic E-state index is 12.2. The van der Waals surface area contributed by atoms with E-state index in [-0.39, 0.29) is 12.6 Å². The van der Waals surface area contributed by atoms with Gasteiger partial charge < -0.3 is 15.3 Å². The molecule has 0 radical (unpaired) electrons. The summed E-state index contributed by atoms with van der Waals surface area (Å²) in [5, 5.41) is 11.8. The Labute approximate surface area is 124 Å². The molecule has 6 nitrogen and oxygen atoms in total. The van der Waals surface area contributed by atoms with E-state index in [9.17, 15) is 9.59 Å². The second-order valence-electron chi connectivity index (χ2n) is 5.10. The third-order valence-corrected chi connectivity index (χ3v) is 3.51. The standard InChI is InChI=1S/C15H21N3O3/c19-14(20)12-18(13-6-2-1-3-7-13)15(21)16-8-11-17-9-4-5-10-17/h1-3,6-7H,4-5,8-12H2,(H,16,21)(H,19,20). The highest BCUT2D eigenvalue weighted by Crippen LogP contribution is 2.13. The maximum absolute atomic E-state index is 12.2. The van der Waals surface area contributed by atoms with Crippen molar-refractivity contribution in [3.8, 4) is 0 Å². The lowest BCUT2D eigenvalue weighted by atomic mass is 10.3. The predicted molar refractivity (Wildman–Crippen MR) is 80.5 cm³/mol. The van der Waals surface area contributed by atoms with Gasteiger partial charge in [-0.3, -0.25) is 9.69 Å². The van der Waals surface area contributed by atoms with Crippen molar-refractivity contribution >= 4 is 17.7 Å². The van der Waals surface area contributed by atoms with E-state index in [1.807, 2.05) is 6.07 Å². The topological polar surface area (TPSA) is 72.9 Å². The van der Waals surface area contributed by atoms with Crippen molar-refractivity contribution in [2.75, 3.05) is 37.6 Å². The molecule has 0 saturated carbocycles. The Morgan fingerprint density at radius 3 is 2.48 bits per heavy atom. The Kier molecular flexibility index (Phi) is 5.57. The minimum atomic E-state index is -1.03. The molecule has 21 heavy (non-hydrogen) atoms. The first-order chi connectivity index (χ1) is 10.2. The molecule has 0 aliphatic carbocycles. The van der Waals surface area contributed by atoms with Crippen LogP contribution in [-0.4, -0.2) is 54.7 Å². The molecule has 2 amide bonds. The van der Waals surface area contributed by atoms with Crippen LogP contribution in [0.3, 0.4) is 0 Å². The summed E-state index contributed by atoms with van der Waals surface area (Å²) in [7, 11) is 0. The third-order valence-electron chi connectivity index (χ3n) is 3.51. The van der Waals surface area contributed by atoms with Gasteiger partial charge in [-0.05, 0) is 38.1 Å². The van der Waals surface area contributed by atoms with Crippen LogP contribution in [0.5, 0.6) is 0 Å². The zero-order chi connectivity index (χ0) is 15.1. The fourth-order valence-electron chi connectivity index (χ4n) is 2.45. The fraction of sp³-hybridized carbons (Fsp3) is 0.467. The van der Waals surface area contributed by atoms with Crippen molar-refractivity contribution in [2.45, 2.75) is 12.8 Å². The number of para-hydroxylation sites is 1. The van der Waals surface area contributed by atoms with Crippen molar-refractivity contribution < 1.29 is 14.7 Å². The Morgan fingerprint density at radius 2 is 1.86 bits per heavy atom. The molecule has 1 aromatic rings. The average Bonchev–Trinajstić information content (AvgIpc) is 2.98. The van der Waals surface area contributed by atoms with Crippen LogP contribution in [0.1, 0.15) is 12.8 Å². The minimum Gasteiger partial charge on any atom is -0.480 e. The molecule has 1 heterocycles. The first-order valence-corrected chi connectivity index (χ1v) is 7.21. The van der Waals surface area contributed by atoms with Crippen LogP contribution in [0, 0.1) is 0 Å². The number of hydrogen-bond acceptors (Lipinski definition) is 3. The Hall–Kier alpha value is -2.08. The van der Waals surface area contributed by atoms with Crippen LogP contribution in [0.15, 0.2) is 30.3 Å². The SMILES string of the molecule is O=C(O)CN(C(=O)NCCN1CCCC1)c1ccccc1. The number of carbonyl (C=O) groups excluding carboxylic acids is 1. The molecule has 0 bridgehead atoms. The summed E-state index contributed by atoms with van der Waals surface area (Å²) in [4.78, 5) is 26.7. The molecule has 2 rings (SSSR count). The van der Waals surface area contributed by atoms with Crippen molar-refractivity contribution in [2.24, 2.45) is 0 Å². The third kappa shape index (κ3) is 4.75. The van der Waals surface area contributed by atoms with E-state index in [1.165, 1.54) is 17.7 Å². The molecule has 1 aromatic carbocycles. The Balaban J connectivity index is 1.89. The van der Waals surface area contributed by atoms with Crippen molar-refractivity contribution in [3.05, 3.63) is 30.3 Å². The second kappa shape index (κ2) is 7.64. The van der Waals surface area contributed by atoms with Crippen LogP contribution in [-0.2, 0) is 4.79 Å². The molecule has 1 aliphatic heterocycles. The number of carboxylic acids is 1. The molecule has 1 aliphatic rings. The summed E-state index contributed by atoms with van der Waals surface area (Å²) in [6.07, 6.45) is 2.42. The number of likely N-dealkylation sites (tertiary alicyclic amines) is 1. The first-order valence-electron chi connectivity index (χ1n) is 7.21. The molecular weight excluding hydrogens is 270 g/mol. The Morgan fingerprint density at radius 1 is 1.19 bits per heavy atom. The molecule has 0 spiro atoms. The quantitative estimate of drug-likeness (QED) is 0.830. The molecule has 2 N–H and O–H groups in total. The van der Waals surface area contributed by atoms with Crippen LogP contribution >= 0.6 is 0 Å². The zero-order valence-corrected chi connectivity index (χ0v) is 12.0. The zero-order valence-electron chi connectivity index (χ0n) is 12.0. The van der Waals surface area contributed by atoms with Crippen molar-refractivity contribution in [1.82, 2.24) is 10.2 Å². The smallest absolute Gasteiger partial charge is 0.323 e.